The number of ether oxygens (including phenoxy) is 3. The lowest BCUT2D eigenvalue weighted by molar-refractivity contribution is 0.209. The third-order valence-electron chi connectivity index (χ3n) is 3.92. The number of benzene rings is 2. The summed E-state index contributed by atoms with van der Waals surface area (Å²) in [6.07, 6.45) is 7.37. The maximum Gasteiger partial charge on any atom is 0.174 e. The van der Waals surface area contributed by atoms with E-state index in [9.17, 15) is 0 Å². The second-order valence-corrected chi connectivity index (χ2v) is 7.08. The minimum absolute atomic E-state index is 0.392. The lowest BCUT2D eigenvalue weighted by Gasteiger charge is -2.15. The molecule has 0 unspecified atom stereocenters. The van der Waals surface area contributed by atoms with Crippen LogP contribution >= 0.6 is 22.6 Å². The summed E-state index contributed by atoms with van der Waals surface area (Å²) < 4.78 is 19.7. The smallest absolute Gasteiger partial charge is 0.174 e. The van der Waals surface area contributed by atoms with E-state index in [1.54, 1.807) is 13.3 Å². The van der Waals surface area contributed by atoms with Gasteiger partial charge in [-0.3, -0.25) is 0 Å². The molecule has 0 atom stereocenters. The Morgan fingerprint density at radius 2 is 1.86 bits per heavy atom. The Balaban J connectivity index is 1.62. The summed E-state index contributed by atoms with van der Waals surface area (Å²) in [6, 6.07) is 11.8. The van der Waals surface area contributed by atoms with Gasteiger partial charge in [-0.1, -0.05) is 24.3 Å². The first-order valence-electron chi connectivity index (χ1n) is 8.92. The van der Waals surface area contributed by atoms with Gasteiger partial charge in [-0.2, -0.15) is 5.10 Å². The van der Waals surface area contributed by atoms with Gasteiger partial charge >= 0.3 is 0 Å². The molecule has 0 saturated heterocycles. The van der Waals surface area contributed by atoms with Crippen LogP contribution < -0.4 is 14.2 Å². The molecule has 0 saturated carbocycles. The van der Waals surface area contributed by atoms with Crippen LogP contribution in [0.15, 0.2) is 66.8 Å². The van der Waals surface area contributed by atoms with E-state index in [-0.39, 0.29) is 0 Å². The van der Waals surface area contributed by atoms with E-state index in [0.717, 1.165) is 26.9 Å². The van der Waals surface area contributed by atoms with Gasteiger partial charge in [0.2, 0.25) is 0 Å². The molecule has 1 heterocycles. The number of hydrogen-bond acceptors (Lipinski definition) is 6. The summed E-state index contributed by atoms with van der Waals surface area (Å²) in [4.78, 5) is 0. The highest BCUT2D eigenvalue weighted by molar-refractivity contribution is 14.1. The lowest BCUT2D eigenvalue weighted by Crippen LogP contribution is -2.11. The highest BCUT2D eigenvalue weighted by Gasteiger charge is 2.11. The van der Waals surface area contributed by atoms with Crippen LogP contribution in [0.2, 0.25) is 0 Å². The minimum Gasteiger partial charge on any atom is -0.493 e. The molecule has 29 heavy (non-hydrogen) atoms. The molecular formula is C21H21IN4O3. The van der Waals surface area contributed by atoms with Gasteiger partial charge in [0, 0.05) is 0 Å². The standard InChI is InChI=1S/C21H21IN4O3/c1-3-6-17-7-4-5-8-19(17)28-9-10-29-21-18(22)11-16(12-20(21)27-2)13-25-26-14-23-24-15-26/h3-5,7-8,11-15H,1,6,9-10H2,2H3/b25-13-. The molecule has 7 nitrogen and oxygen atoms in total. The van der Waals surface area contributed by atoms with Crippen molar-refractivity contribution in [2.45, 2.75) is 6.42 Å². The van der Waals surface area contributed by atoms with Gasteiger partial charge in [0.05, 0.1) is 16.9 Å². The first kappa shape index (κ1) is 20.8. The number of halogens is 1. The van der Waals surface area contributed by atoms with E-state index in [4.69, 9.17) is 14.2 Å². The third kappa shape index (κ3) is 5.80. The number of para-hydroxylation sites is 1. The Labute approximate surface area is 183 Å². The zero-order chi connectivity index (χ0) is 20.5. The van der Waals surface area contributed by atoms with Gasteiger partial charge in [-0.25, -0.2) is 4.68 Å². The molecule has 3 aromatic rings. The first-order chi connectivity index (χ1) is 14.2. The highest BCUT2D eigenvalue weighted by atomic mass is 127. The summed E-state index contributed by atoms with van der Waals surface area (Å²) >= 11 is 2.22. The van der Waals surface area contributed by atoms with Gasteiger partial charge in [0.1, 0.15) is 31.6 Å². The topological polar surface area (TPSA) is 70.8 Å². The van der Waals surface area contributed by atoms with Crippen molar-refractivity contribution in [1.29, 1.82) is 0 Å². The molecule has 150 valence electrons. The normalized spacial score (nSPS) is 10.8. The summed E-state index contributed by atoms with van der Waals surface area (Å²) in [6.45, 7) is 4.60. The molecule has 0 N–H and O–H groups in total. The van der Waals surface area contributed by atoms with E-state index in [1.165, 1.54) is 17.3 Å². The molecule has 1 aromatic heterocycles. The van der Waals surface area contributed by atoms with Crippen molar-refractivity contribution in [3.8, 4) is 17.2 Å². The SMILES string of the molecule is C=CCc1ccccc1OCCOc1c(I)cc(/C=N\n2cnnc2)cc1OC. The van der Waals surface area contributed by atoms with Crippen molar-refractivity contribution < 1.29 is 14.2 Å². The van der Waals surface area contributed by atoms with Crippen LogP contribution in [-0.2, 0) is 6.42 Å². The Hall–Kier alpha value is -2.88. The van der Waals surface area contributed by atoms with Gasteiger partial charge in [-0.05, 0) is 58.3 Å². The number of nitrogens with zero attached hydrogens (tertiary/aromatic N) is 4. The van der Waals surface area contributed by atoms with Gasteiger partial charge < -0.3 is 14.2 Å². The average molecular weight is 504 g/mol. The molecule has 0 aliphatic heterocycles. The largest absolute Gasteiger partial charge is 0.493 e. The molecular weight excluding hydrogens is 483 g/mol. The number of aromatic nitrogens is 3. The Morgan fingerprint density at radius 1 is 1.10 bits per heavy atom. The van der Waals surface area contributed by atoms with Crippen molar-refractivity contribution in [3.63, 3.8) is 0 Å². The fourth-order valence-electron chi connectivity index (χ4n) is 2.61. The van der Waals surface area contributed by atoms with E-state index < -0.39 is 0 Å². The molecule has 0 spiro atoms. The average Bonchev–Trinajstić information content (AvgIpc) is 3.25. The Bertz CT molecular complexity index is 974. The maximum atomic E-state index is 5.94. The molecule has 0 radical (unpaired) electrons. The Kier molecular flexibility index (Phi) is 7.62. The quantitative estimate of drug-likeness (QED) is 0.181. The zero-order valence-corrected chi connectivity index (χ0v) is 18.2. The number of rotatable bonds is 10. The molecule has 3 rings (SSSR count). The molecule has 0 bridgehead atoms. The summed E-state index contributed by atoms with van der Waals surface area (Å²) in [5, 5.41) is 11.7. The fraction of sp³-hybridized carbons (Fsp3) is 0.190. The van der Waals surface area contributed by atoms with Crippen molar-refractivity contribution in [2.24, 2.45) is 5.10 Å². The van der Waals surface area contributed by atoms with E-state index in [0.29, 0.717) is 24.7 Å². The van der Waals surface area contributed by atoms with E-state index in [2.05, 4.69) is 44.5 Å². The second-order valence-electron chi connectivity index (χ2n) is 5.92. The first-order valence-corrected chi connectivity index (χ1v) is 10.00. The van der Waals surface area contributed by atoms with Crippen molar-refractivity contribution >= 4 is 28.8 Å². The van der Waals surface area contributed by atoms with Crippen LogP contribution in [-0.4, -0.2) is 41.4 Å². The predicted molar refractivity (Wildman–Crippen MR) is 120 cm³/mol. The monoisotopic (exact) mass is 504 g/mol. The molecule has 0 amide bonds. The number of methoxy groups -OCH3 is 1. The number of allylic oxidation sites excluding steroid dienone is 1. The highest BCUT2D eigenvalue weighted by Crippen LogP contribution is 2.33. The van der Waals surface area contributed by atoms with E-state index >= 15 is 0 Å². The van der Waals surface area contributed by atoms with Gasteiger partial charge in [0.25, 0.3) is 0 Å². The molecule has 0 aliphatic carbocycles. The van der Waals surface area contributed by atoms with Gasteiger partial charge in [0.15, 0.2) is 11.5 Å². The van der Waals surface area contributed by atoms with Crippen LogP contribution in [0.4, 0.5) is 0 Å². The Morgan fingerprint density at radius 3 is 2.62 bits per heavy atom. The predicted octanol–water partition coefficient (Wildman–Crippen LogP) is 3.96. The molecule has 2 aromatic carbocycles. The van der Waals surface area contributed by atoms with Crippen LogP contribution in [0.3, 0.4) is 0 Å². The van der Waals surface area contributed by atoms with Crippen LogP contribution in [0.25, 0.3) is 0 Å². The molecule has 8 heteroatoms. The fourth-order valence-corrected chi connectivity index (χ4v) is 3.39. The van der Waals surface area contributed by atoms with Crippen LogP contribution in [0.5, 0.6) is 17.2 Å². The summed E-state index contributed by atoms with van der Waals surface area (Å²) in [5.74, 6) is 2.16. The van der Waals surface area contributed by atoms with Crippen LogP contribution in [0, 0.1) is 3.57 Å². The summed E-state index contributed by atoms with van der Waals surface area (Å²) in [7, 11) is 1.61. The van der Waals surface area contributed by atoms with Crippen molar-refractivity contribution in [3.05, 3.63) is 76.4 Å². The van der Waals surface area contributed by atoms with Crippen LogP contribution in [0.1, 0.15) is 11.1 Å². The third-order valence-corrected chi connectivity index (χ3v) is 4.72. The zero-order valence-electron chi connectivity index (χ0n) is 16.0. The number of hydrogen-bond donors (Lipinski definition) is 0. The molecule has 0 aliphatic rings. The maximum absolute atomic E-state index is 5.94. The second kappa shape index (κ2) is 10.6. The molecule has 0 fully saturated rings. The minimum atomic E-state index is 0.392. The summed E-state index contributed by atoms with van der Waals surface area (Å²) in [5.41, 5.74) is 1.98. The van der Waals surface area contributed by atoms with Gasteiger partial charge in [-0.15, -0.1) is 16.8 Å². The van der Waals surface area contributed by atoms with Crippen molar-refractivity contribution in [1.82, 2.24) is 14.9 Å². The van der Waals surface area contributed by atoms with Crippen molar-refractivity contribution in [2.75, 3.05) is 20.3 Å². The lowest BCUT2D eigenvalue weighted by atomic mass is 10.1. The van der Waals surface area contributed by atoms with E-state index in [1.807, 2.05) is 42.5 Å².